The van der Waals surface area contributed by atoms with Gasteiger partial charge in [0.15, 0.2) is 11.6 Å². The lowest BCUT2D eigenvalue weighted by atomic mass is 9.99. The zero-order valence-corrected chi connectivity index (χ0v) is 9.96. The van der Waals surface area contributed by atoms with Crippen LogP contribution >= 0.6 is 11.3 Å². The van der Waals surface area contributed by atoms with Crippen LogP contribution in [-0.4, -0.2) is 5.16 Å². The zero-order valence-electron chi connectivity index (χ0n) is 9.14. The molecule has 4 heteroatoms. The molecule has 0 radical (unpaired) electrons. The molecule has 1 fully saturated rings. The molecule has 0 aliphatic heterocycles. The van der Waals surface area contributed by atoms with Gasteiger partial charge in [-0.15, -0.1) is 11.3 Å². The molecule has 0 bridgehead atoms. The van der Waals surface area contributed by atoms with Crippen molar-refractivity contribution in [3.8, 4) is 10.4 Å². The Bertz CT molecular complexity index is 485. The molecular formula is C12H14N2OS. The van der Waals surface area contributed by atoms with Crippen LogP contribution < -0.4 is 5.73 Å². The molecule has 3 rings (SSSR count). The maximum Gasteiger partial charge on any atom is 0.175 e. The van der Waals surface area contributed by atoms with E-state index in [1.165, 1.54) is 12.8 Å². The minimum Gasteiger partial charge on any atom is -0.380 e. The molecule has 0 spiro atoms. The van der Waals surface area contributed by atoms with E-state index in [4.69, 9.17) is 10.3 Å². The Kier molecular flexibility index (Phi) is 2.24. The fourth-order valence-electron chi connectivity index (χ4n) is 2.11. The van der Waals surface area contributed by atoms with E-state index in [1.54, 1.807) is 11.3 Å². The monoisotopic (exact) mass is 234 g/mol. The second kappa shape index (κ2) is 3.63. The van der Waals surface area contributed by atoms with Gasteiger partial charge in [0.25, 0.3) is 0 Å². The van der Waals surface area contributed by atoms with Crippen molar-refractivity contribution in [2.24, 2.45) is 5.92 Å². The highest BCUT2D eigenvalue weighted by Crippen LogP contribution is 2.46. The van der Waals surface area contributed by atoms with Gasteiger partial charge in [0.05, 0.1) is 5.56 Å². The number of thiophene rings is 1. The highest BCUT2D eigenvalue weighted by Gasteiger charge is 2.34. The smallest absolute Gasteiger partial charge is 0.175 e. The Morgan fingerprint density at radius 3 is 3.00 bits per heavy atom. The van der Waals surface area contributed by atoms with E-state index in [9.17, 15) is 0 Å². The van der Waals surface area contributed by atoms with Crippen LogP contribution in [0, 0.1) is 5.92 Å². The van der Waals surface area contributed by atoms with Crippen molar-refractivity contribution in [1.82, 2.24) is 5.16 Å². The predicted molar refractivity (Wildman–Crippen MR) is 65.4 cm³/mol. The van der Waals surface area contributed by atoms with Crippen molar-refractivity contribution in [3.05, 3.63) is 23.3 Å². The Balaban J connectivity index is 2.05. The van der Waals surface area contributed by atoms with Crippen LogP contribution in [0.1, 0.15) is 31.4 Å². The minimum absolute atomic E-state index is 0.432. The Labute approximate surface area is 98.3 Å². The summed E-state index contributed by atoms with van der Waals surface area (Å²) in [6.07, 6.45) is 2.59. The minimum atomic E-state index is 0.432. The molecule has 1 aliphatic carbocycles. The van der Waals surface area contributed by atoms with E-state index in [0.717, 1.165) is 22.1 Å². The van der Waals surface area contributed by atoms with E-state index in [1.807, 2.05) is 11.4 Å². The molecule has 16 heavy (non-hydrogen) atoms. The Morgan fingerprint density at radius 1 is 1.56 bits per heavy atom. The van der Waals surface area contributed by atoms with Crippen LogP contribution in [0.4, 0.5) is 5.82 Å². The average Bonchev–Trinajstić information content (AvgIpc) is 2.85. The van der Waals surface area contributed by atoms with Crippen LogP contribution in [0.15, 0.2) is 22.0 Å². The van der Waals surface area contributed by atoms with Crippen molar-refractivity contribution in [1.29, 1.82) is 0 Å². The van der Waals surface area contributed by atoms with Gasteiger partial charge in [0, 0.05) is 10.8 Å². The van der Waals surface area contributed by atoms with Crippen LogP contribution in [-0.2, 0) is 0 Å². The van der Waals surface area contributed by atoms with Crippen LogP contribution in [0.5, 0.6) is 0 Å². The number of rotatable bonds is 3. The highest BCUT2D eigenvalue weighted by atomic mass is 32.1. The van der Waals surface area contributed by atoms with Gasteiger partial charge in [0.2, 0.25) is 0 Å². The molecule has 0 saturated heterocycles. The molecule has 2 N–H and O–H groups in total. The van der Waals surface area contributed by atoms with E-state index >= 15 is 0 Å². The number of hydrogen-bond acceptors (Lipinski definition) is 4. The first-order valence-corrected chi connectivity index (χ1v) is 6.44. The van der Waals surface area contributed by atoms with Gasteiger partial charge in [-0.3, -0.25) is 0 Å². The number of hydrogen-bond donors (Lipinski definition) is 1. The van der Waals surface area contributed by atoms with Gasteiger partial charge in [0.1, 0.15) is 0 Å². The molecule has 1 atom stereocenters. The molecular weight excluding hydrogens is 220 g/mol. The van der Waals surface area contributed by atoms with Gasteiger partial charge < -0.3 is 10.3 Å². The summed E-state index contributed by atoms with van der Waals surface area (Å²) in [5, 5.41) is 5.96. The predicted octanol–water partition coefficient (Wildman–Crippen LogP) is 3.50. The molecule has 1 saturated carbocycles. The van der Waals surface area contributed by atoms with E-state index in [-0.39, 0.29) is 0 Å². The number of nitrogens with zero attached hydrogens (tertiary/aromatic N) is 1. The number of aromatic nitrogens is 1. The van der Waals surface area contributed by atoms with E-state index < -0.39 is 0 Å². The summed E-state index contributed by atoms with van der Waals surface area (Å²) >= 11 is 1.68. The first-order valence-electron chi connectivity index (χ1n) is 5.56. The normalized spacial score (nSPS) is 17.6. The summed E-state index contributed by atoms with van der Waals surface area (Å²) in [5.41, 5.74) is 6.90. The molecule has 3 nitrogen and oxygen atoms in total. The van der Waals surface area contributed by atoms with Crippen molar-refractivity contribution < 1.29 is 4.52 Å². The van der Waals surface area contributed by atoms with E-state index in [0.29, 0.717) is 11.7 Å². The number of nitrogen functional groups attached to an aromatic ring is 1. The topological polar surface area (TPSA) is 52.0 Å². The molecule has 1 unspecified atom stereocenters. The van der Waals surface area contributed by atoms with Gasteiger partial charge >= 0.3 is 0 Å². The first kappa shape index (κ1) is 9.90. The summed E-state index contributed by atoms with van der Waals surface area (Å²) in [5.74, 6) is 2.67. The molecule has 1 aliphatic rings. The summed E-state index contributed by atoms with van der Waals surface area (Å²) in [7, 11) is 0. The lowest BCUT2D eigenvalue weighted by Gasteiger charge is -2.07. The summed E-state index contributed by atoms with van der Waals surface area (Å²) in [6.45, 7) is 2.20. The molecule has 84 valence electrons. The summed E-state index contributed by atoms with van der Waals surface area (Å²) < 4.78 is 5.41. The third kappa shape index (κ3) is 1.53. The van der Waals surface area contributed by atoms with Crippen molar-refractivity contribution in [2.45, 2.75) is 25.7 Å². The lowest BCUT2D eigenvalue weighted by molar-refractivity contribution is 0.358. The third-order valence-corrected chi connectivity index (χ3v) is 4.14. The number of anilines is 1. The average molecular weight is 234 g/mol. The van der Waals surface area contributed by atoms with Crippen molar-refractivity contribution in [3.63, 3.8) is 0 Å². The van der Waals surface area contributed by atoms with Gasteiger partial charge in [-0.2, -0.15) is 0 Å². The lowest BCUT2D eigenvalue weighted by Crippen LogP contribution is -1.96. The Morgan fingerprint density at radius 2 is 2.38 bits per heavy atom. The zero-order chi connectivity index (χ0) is 11.1. The van der Waals surface area contributed by atoms with E-state index in [2.05, 4.69) is 18.1 Å². The summed E-state index contributed by atoms with van der Waals surface area (Å²) in [4.78, 5) is 1.15. The van der Waals surface area contributed by atoms with Gasteiger partial charge in [-0.1, -0.05) is 18.1 Å². The maximum atomic E-state index is 5.89. The first-order chi connectivity index (χ1) is 7.77. The molecule has 2 heterocycles. The van der Waals surface area contributed by atoms with Gasteiger partial charge in [-0.05, 0) is 30.2 Å². The SMILES string of the molecule is CC(c1onc(N)c1-c1cccs1)C1CC1. The van der Waals surface area contributed by atoms with Crippen LogP contribution in [0.3, 0.4) is 0 Å². The molecule has 2 aromatic rings. The largest absolute Gasteiger partial charge is 0.380 e. The van der Waals surface area contributed by atoms with Crippen molar-refractivity contribution >= 4 is 17.2 Å². The second-order valence-corrected chi connectivity index (χ2v) is 5.36. The standard InChI is InChI=1S/C12H14N2OS/c1-7(8-4-5-8)11-10(12(13)14-15-11)9-3-2-6-16-9/h2-3,6-8H,4-5H2,1H3,(H2,13,14). The van der Waals surface area contributed by atoms with Crippen molar-refractivity contribution in [2.75, 3.05) is 5.73 Å². The fourth-order valence-corrected chi connectivity index (χ4v) is 2.89. The second-order valence-electron chi connectivity index (χ2n) is 4.41. The Hall–Kier alpha value is -1.29. The number of nitrogens with two attached hydrogens (primary N) is 1. The van der Waals surface area contributed by atoms with Crippen LogP contribution in [0.25, 0.3) is 10.4 Å². The van der Waals surface area contributed by atoms with Gasteiger partial charge in [-0.25, -0.2) is 0 Å². The fraction of sp³-hybridized carbons (Fsp3) is 0.417. The maximum absolute atomic E-state index is 5.89. The highest BCUT2D eigenvalue weighted by molar-refractivity contribution is 7.13. The molecule has 0 amide bonds. The summed E-state index contributed by atoms with van der Waals surface area (Å²) in [6, 6.07) is 4.09. The quantitative estimate of drug-likeness (QED) is 0.884. The third-order valence-electron chi connectivity index (χ3n) is 3.26. The van der Waals surface area contributed by atoms with Crippen LogP contribution in [0.2, 0.25) is 0 Å². The molecule has 0 aromatic carbocycles. The molecule has 2 aromatic heterocycles.